The first kappa shape index (κ1) is 17.0. The number of H-pyrrole nitrogens is 1. The van der Waals surface area contributed by atoms with Crippen molar-refractivity contribution in [1.29, 1.82) is 0 Å². The number of aliphatic hydroxyl groups is 2. The van der Waals surface area contributed by atoms with Crippen LogP contribution in [0.25, 0.3) is 0 Å². The van der Waals surface area contributed by atoms with Gasteiger partial charge in [0, 0.05) is 6.66 Å². The Labute approximate surface area is 122 Å². The summed E-state index contributed by atoms with van der Waals surface area (Å²) in [6, 6.07) is 0. The highest BCUT2D eigenvalue weighted by molar-refractivity contribution is 7.51. The zero-order valence-electron chi connectivity index (χ0n) is 11.2. The first-order valence-electron chi connectivity index (χ1n) is 6.07. The van der Waals surface area contributed by atoms with Crippen molar-refractivity contribution in [3.05, 3.63) is 32.9 Å². The van der Waals surface area contributed by atoms with E-state index in [-0.39, 0.29) is 0 Å². The number of aromatic amines is 1. The molecule has 0 amide bonds. The van der Waals surface area contributed by atoms with Gasteiger partial charge in [0.25, 0.3) is 5.56 Å². The van der Waals surface area contributed by atoms with Gasteiger partial charge in [-0.15, -0.1) is 0 Å². The number of halogens is 1. The van der Waals surface area contributed by atoms with Crippen molar-refractivity contribution in [2.45, 2.75) is 24.5 Å². The molecule has 1 unspecified atom stereocenters. The lowest BCUT2D eigenvalue weighted by Gasteiger charge is -2.17. The summed E-state index contributed by atoms with van der Waals surface area (Å²) in [5.41, 5.74) is -2.28. The van der Waals surface area contributed by atoms with Crippen molar-refractivity contribution in [1.82, 2.24) is 9.55 Å². The van der Waals surface area contributed by atoms with Crippen molar-refractivity contribution in [2.75, 3.05) is 13.3 Å². The molecule has 1 fully saturated rings. The third-order valence-corrected chi connectivity index (χ3v) is 3.64. The van der Waals surface area contributed by atoms with Crippen molar-refractivity contribution < 1.29 is 33.3 Å². The van der Waals surface area contributed by atoms with E-state index in [0.717, 1.165) is 6.66 Å². The van der Waals surface area contributed by atoms with E-state index in [1.807, 2.05) is 0 Å². The molecule has 0 aromatic carbocycles. The van der Waals surface area contributed by atoms with Gasteiger partial charge in [-0.25, -0.2) is 4.79 Å². The highest BCUT2D eigenvalue weighted by Gasteiger charge is 2.44. The molecule has 4 N–H and O–H groups in total. The highest BCUT2D eigenvalue weighted by Crippen LogP contribution is 2.38. The first-order valence-corrected chi connectivity index (χ1v) is 8.10. The zero-order chi connectivity index (χ0) is 16.7. The zero-order valence-corrected chi connectivity index (χ0v) is 12.1. The molecule has 124 valence electrons. The van der Waals surface area contributed by atoms with E-state index in [0.29, 0.717) is 10.8 Å². The quantitative estimate of drug-likeness (QED) is 0.465. The van der Waals surface area contributed by atoms with Gasteiger partial charge in [-0.05, 0) is 0 Å². The van der Waals surface area contributed by atoms with E-state index in [4.69, 9.17) is 9.63 Å². The highest BCUT2D eigenvalue weighted by atomic mass is 31.2. The molecule has 1 aromatic heterocycles. The molecule has 1 saturated heterocycles. The Balaban J connectivity index is 2.23. The summed E-state index contributed by atoms with van der Waals surface area (Å²) in [4.78, 5) is 33.3. The molecule has 10 nitrogen and oxygen atoms in total. The third-order valence-electron chi connectivity index (χ3n) is 3.01. The van der Waals surface area contributed by atoms with E-state index in [1.165, 1.54) is 0 Å². The molecule has 0 radical (unpaired) electrons. The van der Waals surface area contributed by atoms with Gasteiger partial charge in [-0.3, -0.25) is 18.9 Å². The number of nitrogens with one attached hydrogen (secondary N) is 1. The van der Waals surface area contributed by atoms with E-state index < -0.39 is 55.8 Å². The average Bonchev–Trinajstić information content (AvgIpc) is 2.68. The molecule has 2 heterocycles. The van der Waals surface area contributed by atoms with Crippen LogP contribution in [0.15, 0.2) is 15.8 Å². The molecule has 0 bridgehead atoms. The molecule has 0 spiro atoms. The second-order valence-corrected chi connectivity index (χ2v) is 6.65. The predicted molar refractivity (Wildman–Crippen MR) is 68.9 cm³/mol. The van der Waals surface area contributed by atoms with Gasteiger partial charge in [0.1, 0.15) is 18.3 Å². The molecule has 2 rings (SSSR count). The topological polar surface area (TPSA) is 151 Å². The first-order chi connectivity index (χ1) is 10.1. The van der Waals surface area contributed by atoms with Crippen LogP contribution in [-0.2, 0) is 13.8 Å². The van der Waals surface area contributed by atoms with Crippen molar-refractivity contribution in [3.63, 3.8) is 0 Å². The second-order valence-electron chi connectivity index (χ2n) is 4.79. The van der Waals surface area contributed by atoms with Gasteiger partial charge in [0.2, 0.25) is 5.82 Å². The van der Waals surface area contributed by atoms with E-state index in [2.05, 4.69) is 4.52 Å². The molecule has 0 saturated carbocycles. The largest absolute Gasteiger partial charge is 0.387 e. The summed E-state index contributed by atoms with van der Waals surface area (Å²) < 4.78 is 34.6. The van der Waals surface area contributed by atoms with Crippen LogP contribution >= 0.6 is 7.60 Å². The van der Waals surface area contributed by atoms with E-state index >= 15 is 0 Å². The Kier molecular flexibility index (Phi) is 4.66. The van der Waals surface area contributed by atoms with Crippen LogP contribution in [0.1, 0.15) is 6.23 Å². The minimum atomic E-state index is -3.83. The number of aromatic nitrogens is 2. The Hall–Kier alpha value is -1.36. The maximum absolute atomic E-state index is 13.2. The lowest BCUT2D eigenvalue weighted by molar-refractivity contribution is -0.0528. The van der Waals surface area contributed by atoms with E-state index in [9.17, 15) is 28.8 Å². The van der Waals surface area contributed by atoms with Crippen molar-refractivity contribution >= 4 is 7.60 Å². The summed E-state index contributed by atoms with van der Waals surface area (Å²) in [6.45, 7) is 0.393. The summed E-state index contributed by atoms with van der Waals surface area (Å²) in [5, 5.41) is 19.7. The molecule has 0 aliphatic carbocycles. The Morgan fingerprint density at radius 1 is 1.45 bits per heavy atom. The van der Waals surface area contributed by atoms with Crippen LogP contribution in [-0.4, -0.2) is 56.2 Å². The number of ether oxygens (including phenoxy) is 1. The molecule has 22 heavy (non-hydrogen) atoms. The van der Waals surface area contributed by atoms with Crippen LogP contribution in [0.5, 0.6) is 0 Å². The fourth-order valence-electron chi connectivity index (χ4n) is 1.96. The number of rotatable bonds is 4. The van der Waals surface area contributed by atoms with Crippen LogP contribution in [0, 0.1) is 5.82 Å². The van der Waals surface area contributed by atoms with E-state index in [1.54, 1.807) is 4.98 Å². The average molecular weight is 340 g/mol. The van der Waals surface area contributed by atoms with Crippen LogP contribution < -0.4 is 11.2 Å². The molecule has 1 aliphatic heterocycles. The van der Waals surface area contributed by atoms with Crippen molar-refractivity contribution in [3.8, 4) is 0 Å². The predicted octanol–water partition coefficient (Wildman–Crippen LogP) is -1.87. The normalized spacial score (nSPS) is 31.1. The standard InChI is InChI=1S/C10H14FN2O8P/c1-22(18,19)20-3-5-6(14)7(15)9(21-5)13-2-4(11)8(16)12-10(13)17/h2,5-7,9,14-15H,3H2,1H3,(H,18,19)(H,12,16,17)/t5-,6-,7-,9-/m1/s1. The second kappa shape index (κ2) is 6.03. The number of hydrogen-bond acceptors (Lipinski definition) is 7. The molecular formula is C10H14FN2O8P. The number of hydrogen-bond donors (Lipinski definition) is 4. The summed E-state index contributed by atoms with van der Waals surface area (Å²) in [6.07, 6.45) is -5.36. The van der Waals surface area contributed by atoms with Gasteiger partial charge in [-0.2, -0.15) is 4.39 Å². The molecular weight excluding hydrogens is 326 g/mol. The number of nitrogens with zero attached hydrogens (tertiary/aromatic N) is 1. The molecule has 5 atom stereocenters. The minimum Gasteiger partial charge on any atom is -0.387 e. The summed E-state index contributed by atoms with van der Waals surface area (Å²) >= 11 is 0. The Morgan fingerprint density at radius 2 is 2.09 bits per heavy atom. The Bertz CT molecular complexity index is 712. The van der Waals surface area contributed by atoms with Gasteiger partial charge >= 0.3 is 13.3 Å². The Morgan fingerprint density at radius 3 is 2.68 bits per heavy atom. The molecule has 12 heteroatoms. The van der Waals surface area contributed by atoms with Crippen LogP contribution in [0.3, 0.4) is 0 Å². The van der Waals surface area contributed by atoms with Gasteiger partial charge in [0.05, 0.1) is 12.8 Å². The summed E-state index contributed by atoms with van der Waals surface area (Å²) in [7, 11) is -3.83. The van der Waals surface area contributed by atoms with Crippen LogP contribution in [0.4, 0.5) is 4.39 Å². The lowest BCUT2D eigenvalue weighted by atomic mass is 10.1. The third kappa shape index (κ3) is 3.51. The number of aliphatic hydroxyl groups excluding tert-OH is 2. The fourth-order valence-corrected chi connectivity index (χ4v) is 2.38. The minimum absolute atomic E-state index is 0.528. The maximum Gasteiger partial charge on any atom is 0.330 e. The molecule has 1 aliphatic rings. The fraction of sp³-hybridized carbons (Fsp3) is 0.600. The van der Waals surface area contributed by atoms with Crippen LogP contribution in [0.2, 0.25) is 0 Å². The molecule has 1 aromatic rings. The van der Waals surface area contributed by atoms with Crippen molar-refractivity contribution in [2.24, 2.45) is 0 Å². The van der Waals surface area contributed by atoms with Gasteiger partial charge in [0.15, 0.2) is 6.23 Å². The van der Waals surface area contributed by atoms with Gasteiger partial charge < -0.3 is 24.4 Å². The maximum atomic E-state index is 13.2. The van der Waals surface area contributed by atoms with Gasteiger partial charge in [-0.1, -0.05) is 0 Å². The lowest BCUT2D eigenvalue weighted by Crippen LogP contribution is -2.38. The SMILES string of the molecule is CP(=O)(O)OC[C@H]1O[C@@H](n2cc(F)c(=O)[nH]c2=O)[C@H](O)[C@@H]1O. The smallest absolute Gasteiger partial charge is 0.330 e. The summed E-state index contributed by atoms with van der Waals surface area (Å²) in [5.74, 6) is -1.28. The monoisotopic (exact) mass is 340 g/mol.